The number of carbonyl (C=O) groups is 1. The van der Waals surface area contributed by atoms with E-state index in [0.29, 0.717) is 5.69 Å². The van der Waals surface area contributed by atoms with Crippen LogP contribution in [0.3, 0.4) is 0 Å². The molecule has 178 valence electrons. The Morgan fingerprint density at radius 2 is 1.52 bits per heavy atom. The van der Waals surface area contributed by atoms with Crippen molar-refractivity contribution in [3.05, 3.63) is 65.5 Å². The summed E-state index contributed by atoms with van der Waals surface area (Å²) in [5, 5.41) is 9.48. The summed E-state index contributed by atoms with van der Waals surface area (Å²) in [5.41, 5.74) is 11.2. The Labute approximate surface area is 198 Å². The van der Waals surface area contributed by atoms with Crippen LogP contribution in [0.5, 0.6) is 0 Å². The number of benzene rings is 1. The fourth-order valence-electron chi connectivity index (χ4n) is 3.71. The van der Waals surface area contributed by atoms with Gasteiger partial charge in [-0.15, -0.1) is 0 Å². The summed E-state index contributed by atoms with van der Waals surface area (Å²) in [7, 11) is 0. The van der Waals surface area contributed by atoms with Crippen molar-refractivity contribution in [2.45, 2.75) is 72.1 Å². The summed E-state index contributed by atoms with van der Waals surface area (Å²) in [6.45, 7) is 7.18. The van der Waals surface area contributed by atoms with E-state index in [1.54, 1.807) is 18.5 Å². The number of nitrogens with one attached hydrogen (secondary N) is 1. The number of aromatic nitrogens is 2. The van der Waals surface area contributed by atoms with Gasteiger partial charge in [-0.1, -0.05) is 64.0 Å². The molecule has 0 amide bonds. The number of aromatic carboxylic acids is 1. The lowest BCUT2D eigenvalue weighted by Crippen LogP contribution is -1.97. The van der Waals surface area contributed by atoms with Crippen molar-refractivity contribution in [3.63, 3.8) is 0 Å². The molecule has 0 aliphatic carbocycles. The highest BCUT2D eigenvalue weighted by Gasteiger charge is 2.17. The van der Waals surface area contributed by atoms with Crippen molar-refractivity contribution in [3.8, 4) is 22.5 Å². The first-order valence-electron chi connectivity index (χ1n) is 12.1. The summed E-state index contributed by atoms with van der Waals surface area (Å²) in [4.78, 5) is 18.8. The van der Waals surface area contributed by atoms with Crippen LogP contribution >= 0.6 is 0 Å². The van der Waals surface area contributed by atoms with E-state index in [1.807, 2.05) is 44.2 Å². The molecule has 5 nitrogen and oxygen atoms in total. The van der Waals surface area contributed by atoms with Gasteiger partial charge in [0.15, 0.2) is 0 Å². The number of hydrogen-bond acceptors (Lipinski definition) is 3. The lowest BCUT2D eigenvalue weighted by atomic mass is 10.0. The molecule has 0 aliphatic rings. The quantitative estimate of drug-likeness (QED) is 0.271. The van der Waals surface area contributed by atoms with Crippen LogP contribution in [0.15, 0.2) is 48.8 Å². The van der Waals surface area contributed by atoms with Gasteiger partial charge in [0, 0.05) is 23.7 Å². The van der Waals surface area contributed by atoms with Crippen LogP contribution in [0.1, 0.15) is 79.8 Å². The van der Waals surface area contributed by atoms with Crippen LogP contribution in [0.4, 0.5) is 0 Å². The fourth-order valence-corrected chi connectivity index (χ4v) is 3.71. The zero-order chi connectivity index (χ0) is 24.1. The van der Waals surface area contributed by atoms with E-state index in [0.717, 1.165) is 28.9 Å². The van der Waals surface area contributed by atoms with Crippen molar-refractivity contribution in [2.75, 3.05) is 6.54 Å². The molecular weight excluding hydrogens is 410 g/mol. The summed E-state index contributed by atoms with van der Waals surface area (Å²) in [6.07, 6.45) is 14.4. The average molecular weight is 450 g/mol. The van der Waals surface area contributed by atoms with Gasteiger partial charge in [0.1, 0.15) is 0 Å². The van der Waals surface area contributed by atoms with Crippen LogP contribution in [0, 0.1) is 13.8 Å². The van der Waals surface area contributed by atoms with E-state index in [2.05, 4.69) is 16.9 Å². The Balaban J connectivity index is 0.000000299. The topological polar surface area (TPSA) is 92.0 Å². The van der Waals surface area contributed by atoms with Crippen molar-refractivity contribution in [2.24, 2.45) is 5.73 Å². The highest BCUT2D eigenvalue weighted by Crippen LogP contribution is 2.30. The molecule has 0 aliphatic heterocycles. The van der Waals surface area contributed by atoms with Crippen molar-refractivity contribution < 1.29 is 9.90 Å². The molecule has 3 rings (SSSR count). The molecule has 33 heavy (non-hydrogen) atoms. The minimum atomic E-state index is -0.940. The third kappa shape index (κ3) is 8.50. The highest BCUT2D eigenvalue weighted by molar-refractivity contribution is 5.97. The molecule has 0 atom stereocenters. The molecule has 0 radical (unpaired) electrons. The predicted octanol–water partition coefficient (Wildman–Crippen LogP) is 7.14. The number of aromatic amines is 1. The van der Waals surface area contributed by atoms with Crippen LogP contribution in [-0.4, -0.2) is 27.6 Å². The number of pyridine rings is 1. The second-order valence-electron chi connectivity index (χ2n) is 8.58. The Morgan fingerprint density at radius 1 is 0.879 bits per heavy atom. The summed E-state index contributed by atoms with van der Waals surface area (Å²) >= 11 is 0. The molecular formula is C28H39N3O2. The predicted molar refractivity (Wildman–Crippen MR) is 138 cm³/mol. The minimum absolute atomic E-state index is 0.273. The highest BCUT2D eigenvalue weighted by atomic mass is 16.4. The average Bonchev–Trinajstić information content (AvgIpc) is 3.27. The minimum Gasteiger partial charge on any atom is -0.478 e. The molecule has 3 aromatic rings. The number of nitrogens with zero attached hydrogens (tertiary/aromatic N) is 1. The number of nitrogens with two attached hydrogens (primary N) is 1. The van der Waals surface area contributed by atoms with Gasteiger partial charge in [0.05, 0.1) is 11.3 Å². The van der Waals surface area contributed by atoms with Gasteiger partial charge in [-0.25, -0.2) is 4.79 Å². The standard InChI is InChI=1S/C18H16N2O2.C10H23N/c1-11-3-4-14(9-12(11)2)17-15(18(21)22)10-16(20-17)13-5-7-19-8-6-13;1-2-3-4-5-6-7-8-9-10-11/h3-10,20H,1-2H3,(H,21,22);2-11H2,1H3. The lowest BCUT2D eigenvalue weighted by Gasteiger charge is -2.05. The van der Waals surface area contributed by atoms with Gasteiger partial charge >= 0.3 is 5.97 Å². The summed E-state index contributed by atoms with van der Waals surface area (Å²) < 4.78 is 0. The molecule has 0 fully saturated rings. The monoisotopic (exact) mass is 449 g/mol. The Bertz CT molecular complexity index is 972. The van der Waals surface area contributed by atoms with Gasteiger partial charge in [0.25, 0.3) is 0 Å². The van der Waals surface area contributed by atoms with Crippen LogP contribution in [-0.2, 0) is 0 Å². The molecule has 0 bridgehead atoms. The number of rotatable bonds is 11. The smallest absolute Gasteiger partial charge is 0.337 e. The van der Waals surface area contributed by atoms with Gasteiger partial charge in [0.2, 0.25) is 0 Å². The van der Waals surface area contributed by atoms with E-state index < -0.39 is 5.97 Å². The second-order valence-corrected chi connectivity index (χ2v) is 8.58. The van der Waals surface area contributed by atoms with Gasteiger partial charge in [-0.05, 0) is 67.8 Å². The van der Waals surface area contributed by atoms with E-state index >= 15 is 0 Å². The number of hydrogen-bond donors (Lipinski definition) is 3. The zero-order valence-electron chi connectivity index (χ0n) is 20.4. The van der Waals surface area contributed by atoms with Gasteiger partial charge in [-0.2, -0.15) is 0 Å². The van der Waals surface area contributed by atoms with E-state index in [-0.39, 0.29) is 5.56 Å². The molecule has 4 N–H and O–H groups in total. The third-order valence-electron chi connectivity index (χ3n) is 5.89. The van der Waals surface area contributed by atoms with Gasteiger partial charge < -0.3 is 15.8 Å². The van der Waals surface area contributed by atoms with E-state index in [9.17, 15) is 9.90 Å². The molecule has 0 saturated heterocycles. The Hall–Kier alpha value is -2.92. The van der Waals surface area contributed by atoms with Crippen LogP contribution in [0.25, 0.3) is 22.5 Å². The molecule has 0 saturated carbocycles. The molecule has 5 heteroatoms. The fraction of sp³-hybridized carbons (Fsp3) is 0.429. The molecule has 2 aromatic heterocycles. The van der Waals surface area contributed by atoms with Gasteiger partial charge in [-0.3, -0.25) is 4.98 Å². The molecule has 1 aromatic carbocycles. The van der Waals surface area contributed by atoms with Crippen LogP contribution in [0.2, 0.25) is 0 Å². The molecule has 2 heterocycles. The largest absolute Gasteiger partial charge is 0.478 e. The zero-order valence-corrected chi connectivity index (χ0v) is 20.4. The van der Waals surface area contributed by atoms with Crippen LogP contribution < -0.4 is 5.73 Å². The molecule has 0 unspecified atom stereocenters. The summed E-state index contributed by atoms with van der Waals surface area (Å²) in [6, 6.07) is 11.3. The Morgan fingerprint density at radius 3 is 2.09 bits per heavy atom. The first-order chi connectivity index (χ1) is 16.0. The van der Waals surface area contributed by atoms with Crippen molar-refractivity contribution in [1.82, 2.24) is 9.97 Å². The van der Waals surface area contributed by atoms with Crippen molar-refractivity contribution >= 4 is 5.97 Å². The number of carboxylic acids is 1. The number of aryl methyl sites for hydroxylation is 2. The lowest BCUT2D eigenvalue weighted by molar-refractivity contribution is 0.0698. The van der Waals surface area contributed by atoms with E-state index in [4.69, 9.17) is 5.73 Å². The maximum absolute atomic E-state index is 11.6. The normalized spacial score (nSPS) is 10.5. The maximum atomic E-state index is 11.6. The third-order valence-corrected chi connectivity index (χ3v) is 5.89. The molecule has 0 spiro atoms. The van der Waals surface area contributed by atoms with E-state index in [1.165, 1.54) is 56.9 Å². The summed E-state index contributed by atoms with van der Waals surface area (Å²) in [5.74, 6) is -0.940. The van der Waals surface area contributed by atoms with Crippen molar-refractivity contribution in [1.29, 1.82) is 0 Å². The SMILES string of the molecule is CCCCCCCCCCN.Cc1ccc(-c2[nH]c(-c3ccncc3)cc2C(=O)O)cc1C. The number of unbranched alkanes of at least 4 members (excludes halogenated alkanes) is 7. The Kier molecular flexibility index (Phi) is 11.4. The first kappa shape index (κ1) is 26.3. The first-order valence-corrected chi connectivity index (χ1v) is 12.1. The number of H-pyrrole nitrogens is 1. The second kappa shape index (κ2) is 14.3. The maximum Gasteiger partial charge on any atom is 0.337 e. The number of carboxylic acid groups (broad SMARTS) is 1.